The maximum atomic E-state index is 14.9. The predicted octanol–water partition coefficient (Wildman–Crippen LogP) is 3.84. The SMILES string of the molecule is C=C(NC)C(CCC=O)c1c(F)cc(N2CC(N=C(N)OC(=N)CCC3(C)CC3)C2)cc1F. The molecular weight excluding hydrogens is 428 g/mol. The van der Waals surface area contributed by atoms with E-state index in [9.17, 15) is 13.6 Å². The van der Waals surface area contributed by atoms with Gasteiger partial charge in [-0.1, -0.05) is 13.5 Å². The average molecular weight is 462 g/mol. The first-order valence-electron chi connectivity index (χ1n) is 11.3. The minimum atomic E-state index is -0.676. The van der Waals surface area contributed by atoms with Crippen LogP contribution in [0, 0.1) is 22.5 Å². The minimum absolute atomic E-state index is 0.0538. The van der Waals surface area contributed by atoms with E-state index in [4.69, 9.17) is 15.9 Å². The quantitative estimate of drug-likeness (QED) is 0.264. The molecule has 180 valence electrons. The third kappa shape index (κ3) is 6.30. The number of anilines is 1. The Balaban J connectivity index is 1.58. The molecule has 7 nitrogen and oxygen atoms in total. The van der Waals surface area contributed by atoms with Crippen LogP contribution in [0.25, 0.3) is 0 Å². The normalized spacial score (nSPS) is 18.3. The fourth-order valence-corrected chi connectivity index (χ4v) is 4.00. The highest BCUT2D eigenvalue weighted by Crippen LogP contribution is 2.48. The summed E-state index contributed by atoms with van der Waals surface area (Å²) in [6, 6.07) is 2.36. The van der Waals surface area contributed by atoms with Crippen molar-refractivity contribution < 1.29 is 18.3 Å². The second-order valence-electron chi connectivity index (χ2n) is 9.26. The highest BCUT2D eigenvalue weighted by molar-refractivity contribution is 5.88. The van der Waals surface area contributed by atoms with E-state index in [1.807, 2.05) is 0 Å². The molecule has 1 saturated heterocycles. The van der Waals surface area contributed by atoms with Crippen LogP contribution in [-0.2, 0) is 9.53 Å². The molecule has 3 rings (SSSR count). The number of benzene rings is 1. The molecule has 2 aliphatic rings. The van der Waals surface area contributed by atoms with Gasteiger partial charge in [0.05, 0.1) is 6.04 Å². The van der Waals surface area contributed by atoms with Crippen molar-refractivity contribution in [3.8, 4) is 0 Å². The number of halogens is 2. The van der Waals surface area contributed by atoms with Crippen molar-refractivity contribution in [2.75, 3.05) is 25.0 Å². The molecule has 1 aromatic carbocycles. The van der Waals surface area contributed by atoms with Crippen molar-refractivity contribution in [1.29, 1.82) is 5.41 Å². The zero-order valence-corrected chi connectivity index (χ0v) is 19.3. The van der Waals surface area contributed by atoms with E-state index in [0.717, 1.165) is 12.7 Å². The van der Waals surface area contributed by atoms with Crippen LogP contribution < -0.4 is 16.0 Å². The molecule has 33 heavy (non-hydrogen) atoms. The summed E-state index contributed by atoms with van der Waals surface area (Å²) < 4.78 is 35.1. The summed E-state index contributed by atoms with van der Waals surface area (Å²) >= 11 is 0. The summed E-state index contributed by atoms with van der Waals surface area (Å²) in [6.07, 6.45) is 4.98. The van der Waals surface area contributed by atoms with E-state index in [0.29, 0.717) is 36.3 Å². The standard InChI is InChI=1S/C24H33F2N5O2/c1-15(29-3)18(5-4-10-32)22-19(25)11-17(12-20(22)26)31-13-16(14-31)30-23(28)33-21(27)6-7-24(2)8-9-24/h10-12,16,18,27,29H,1,4-9,13-14H2,2-3H3,(H2,28,30). The first kappa shape index (κ1) is 24.7. The lowest BCUT2D eigenvalue weighted by atomic mass is 9.90. The molecule has 1 aliphatic heterocycles. The van der Waals surface area contributed by atoms with Gasteiger partial charge in [0, 0.05) is 55.8 Å². The molecule has 4 N–H and O–H groups in total. The van der Waals surface area contributed by atoms with Gasteiger partial charge in [0.1, 0.15) is 17.9 Å². The van der Waals surface area contributed by atoms with Crippen molar-refractivity contribution in [3.05, 3.63) is 41.6 Å². The molecule has 0 spiro atoms. The van der Waals surface area contributed by atoms with Crippen LogP contribution in [0.2, 0.25) is 0 Å². The number of amidine groups is 1. The molecule has 1 unspecified atom stereocenters. The summed E-state index contributed by atoms with van der Waals surface area (Å²) in [4.78, 5) is 16.8. The first-order chi connectivity index (χ1) is 15.7. The second kappa shape index (κ2) is 10.3. The van der Waals surface area contributed by atoms with Gasteiger partial charge >= 0.3 is 0 Å². The van der Waals surface area contributed by atoms with Gasteiger partial charge in [-0.3, -0.25) is 5.41 Å². The third-order valence-electron chi connectivity index (χ3n) is 6.55. The lowest BCUT2D eigenvalue weighted by Gasteiger charge is -2.39. The van der Waals surface area contributed by atoms with Crippen LogP contribution in [0.4, 0.5) is 14.5 Å². The third-order valence-corrected chi connectivity index (χ3v) is 6.55. The Bertz CT molecular complexity index is 916. The van der Waals surface area contributed by atoms with Gasteiger partial charge in [0.15, 0.2) is 5.90 Å². The number of hydrogen-bond acceptors (Lipinski definition) is 6. The monoisotopic (exact) mass is 461 g/mol. The van der Waals surface area contributed by atoms with E-state index in [-0.39, 0.29) is 36.4 Å². The number of allylic oxidation sites excluding steroid dienone is 1. The van der Waals surface area contributed by atoms with Gasteiger partial charge in [0.2, 0.25) is 0 Å². The molecule has 1 aliphatic carbocycles. The lowest BCUT2D eigenvalue weighted by Crippen LogP contribution is -2.51. The first-order valence-corrected chi connectivity index (χ1v) is 11.3. The number of nitrogens with one attached hydrogen (secondary N) is 2. The lowest BCUT2D eigenvalue weighted by molar-refractivity contribution is -0.108. The van der Waals surface area contributed by atoms with E-state index < -0.39 is 17.6 Å². The van der Waals surface area contributed by atoms with Crippen LogP contribution in [-0.4, -0.2) is 44.4 Å². The molecule has 1 aromatic rings. The Hall–Kier alpha value is -2.97. The van der Waals surface area contributed by atoms with Crippen molar-refractivity contribution in [1.82, 2.24) is 5.32 Å². The Morgan fingerprint density at radius 1 is 1.42 bits per heavy atom. The summed E-state index contributed by atoms with van der Waals surface area (Å²) in [5.41, 5.74) is 6.93. The van der Waals surface area contributed by atoms with Crippen LogP contribution >= 0.6 is 0 Å². The number of carbonyl (C=O) groups excluding carboxylic acids is 1. The summed E-state index contributed by atoms with van der Waals surface area (Å²) in [6.45, 7) is 6.90. The zero-order valence-electron chi connectivity index (χ0n) is 19.3. The van der Waals surface area contributed by atoms with E-state index in [2.05, 4.69) is 23.8 Å². The smallest absolute Gasteiger partial charge is 0.288 e. The summed E-state index contributed by atoms with van der Waals surface area (Å²) in [5.74, 6) is -1.89. The number of nitrogens with two attached hydrogens (primary N) is 1. The maximum absolute atomic E-state index is 14.9. The van der Waals surface area contributed by atoms with Crippen LogP contribution in [0.1, 0.15) is 56.9 Å². The summed E-state index contributed by atoms with van der Waals surface area (Å²) in [5, 5.41) is 10.7. The molecule has 2 fully saturated rings. The molecule has 1 atom stereocenters. The van der Waals surface area contributed by atoms with Crippen molar-refractivity contribution in [2.45, 2.75) is 57.4 Å². The molecule has 9 heteroatoms. The summed E-state index contributed by atoms with van der Waals surface area (Å²) in [7, 11) is 1.63. The Labute approximate surface area is 193 Å². The number of ether oxygens (including phenoxy) is 1. The maximum Gasteiger partial charge on any atom is 0.288 e. The largest absolute Gasteiger partial charge is 0.412 e. The number of hydrogen-bond donors (Lipinski definition) is 3. The van der Waals surface area contributed by atoms with Gasteiger partial charge in [-0.2, -0.15) is 0 Å². The number of rotatable bonds is 11. The van der Waals surface area contributed by atoms with Gasteiger partial charge in [-0.05, 0) is 43.2 Å². The van der Waals surface area contributed by atoms with Crippen LogP contribution in [0.15, 0.2) is 29.4 Å². The van der Waals surface area contributed by atoms with Crippen LogP contribution in [0.5, 0.6) is 0 Å². The number of aliphatic imine (C=N–C) groups is 1. The molecule has 1 saturated carbocycles. The number of likely N-dealkylation sites (N-methyl/N-ethyl adjacent to an activating group) is 1. The molecule has 0 radical (unpaired) electrons. The second-order valence-corrected chi connectivity index (χ2v) is 9.26. The predicted molar refractivity (Wildman–Crippen MR) is 126 cm³/mol. The minimum Gasteiger partial charge on any atom is -0.412 e. The molecular formula is C24H33F2N5O2. The van der Waals surface area contributed by atoms with Crippen molar-refractivity contribution in [2.24, 2.45) is 16.1 Å². The van der Waals surface area contributed by atoms with Gasteiger partial charge in [-0.25, -0.2) is 13.8 Å². The average Bonchev–Trinajstić information content (AvgIpc) is 3.47. The van der Waals surface area contributed by atoms with Gasteiger partial charge < -0.3 is 25.5 Å². The highest BCUT2D eigenvalue weighted by atomic mass is 19.1. The Morgan fingerprint density at radius 3 is 2.61 bits per heavy atom. The Morgan fingerprint density at radius 2 is 2.06 bits per heavy atom. The number of carbonyl (C=O) groups is 1. The number of nitrogens with zero attached hydrogens (tertiary/aromatic N) is 2. The van der Waals surface area contributed by atoms with Crippen molar-refractivity contribution >= 4 is 23.9 Å². The topological polar surface area (TPSA) is 104 Å². The molecule has 0 aromatic heterocycles. The molecule has 1 heterocycles. The van der Waals surface area contributed by atoms with E-state index in [1.54, 1.807) is 11.9 Å². The number of aldehydes is 1. The van der Waals surface area contributed by atoms with Gasteiger partial charge in [-0.15, -0.1) is 0 Å². The van der Waals surface area contributed by atoms with E-state index in [1.165, 1.54) is 25.0 Å². The fourth-order valence-electron chi connectivity index (χ4n) is 4.00. The molecule has 0 amide bonds. The fraction of sp³-hybridized carbons (Fsp3) is 0.542. The Kier molecular flexibility index (Phi) is 7.71. The zero-order chi connectivity index (χ0) is 24.2. The highest BCUT2D eigenvalue weighted by Gasteiger charge is 2.37. The van der Waals surface area contributed by atoms with Crippen LogP contribution in [0.3, 0.4) is 0 Å². The van der Waals surface area contributed by atoms with E-state index >= 15 is 0 Å². The molecule has 0 bridgehead atoms. The van der Waals surface area contributed by atoms with Crippen molar-refractivity contribution in [3.63, 3.8) is 0 Å². The van der Waals surface area contributed by atoms with Gasteiger partial charge in [0.25, 0.3) is 6.02 Å².